The number of nitrogens with zero attached hydrogens (tertiary/aromatic N) is 2. The van der Waals surface area contributed by atoms with Crippen LogP contribution in [-0.4, -0.2) is 31.7 Å². The standard InChI is InChI=1S/C27H23F6N2O3P/c28-25(29,30)17-24(39(36,37)38,18-26(31,32)33)23-16-35(19-34-23)27(20-10-4-1-5-11-20,21-12-6-2-7-13-21)22-14-8-3-9-15-22/h1-16,19H,17-18H2,(H2,36,37,38). The van der Waals surface area contributed by atoms with Gasteiger partial charge in [0.1, 0.15) is 10.7 Å². The van der Waals surface area contributed by atoms with Crippen molar-refractivity contribution in [1.29, 1.82) is 0 Å². The van der Waals surface area contributed by atoms with Crippen LogP contribution in [0.2, 0.25) is 0 Å². The first-order valence-corrected chi connectivity index (χ1v) is 13.2. The fourth-order valence-corrected chi connectivity index (χ4v) is 6.18. The molecule has 0 aliphatic heterocycles. The summed E-state index contributed by atoms with van der Waals surface area (Å²) in [6.45, 7) is 0. The largest absolute Gasteiger partial charge is 0.390 e. The van der Waals surface area contributed by atoms with E-state index < -0.39 is 49.2 Å². The highest BCUT2D eigenvalue weighted by Gasteiger charge is 2.61. The van der Waals surface area contributed by atoms with Crippen molar-refractivity contribution in [2.24, 2.45) is 0 Å². The van der Waals surface area contributed by atoms with Gasteiger partial charge in [0.05, 0.1) is 24.9 Å². The van der Waals surface area contributed by atoms with E-state index >= 15 is 0 Å². The molecule has 4 rings (SSSR count). The molecule has 39 heavy (non-hydrogen) atoms. The van der Waals surface area contributed by atoms with Crippen LogP contribution in [0.4, 0.5) is 26.3 Å². The molecule has 0 atom stereocenters. The van der Waals surface area contributed by atoms with Gasteiger partial charge in [-0.15, -0.1) is 0 Å². The van der Waals surface area contributed by atoms with Crippen molar-refractivity contribution in [2.75, 3.05) is 0 Å². The lowest BCUT2D eigenvalue weighted by Crippen LogP contribution is -2.38. The van der Waals surface area contributed by atoms with Gasteiger partial charge in [-0.05, 0) is 16.7 Å². The van der Waals surface area contributed by atoms with E-state index in [1.54, 1.807) is 91.0 Å². The Kier molecular flexibility index (Phi) is 7.55. The highest BCUT2D eigenvalue weighted by atomic mass is 31.2. The monoisotopic (exact) mass is 568 g/mol. The van der Waals surface area contributed by atoms with Crippen LogP contribution in [0.5, 0.6) is 0 Å². The quantitative estimate of drug-likeness (QED) is 0.136. The van der Waals surface area contributed by atoms with Crippen molar-refractivity contribution in [1.82, 2.24) is 9.55 Å². The molecule has 3 aromatic carbocycles. The smallest absolute Gasteiger partial charge is 0.324 e. The second-order valence-corrected chi connectivity index (χ2v) is 11.1. The van der Waals surface area contributed by atoms with E-state index in [-0.39, 0.29) is 0 Å². The van der Waals surface area contributed by atoms with Gasteiger partial charge in [0, 0.05) is 6.20 Å². The second-order valence-electron chi connectivity index (χ2n) is 9.13. The van der Waals surface area contributed by atoms with Gasteiger partial charge in [-0.1, -0.05) is 91.0 Å². The van der Waals surface area contributed by atoms with Gasteiger partial charge >= 0.3 is 19.9 Å². The zero-order valence-corrected chi connectivity index (χ0v) is 21.0. The molecular formula is C27H23F6N2O3P. The Labute approximate surface area is 219 Å². The molecule has 0 aliphatic carbocycles. The first-order chi connectivity index (χ1) is 18.2. The number of hydrogen-bond acceptors (Lipinski definition) is 2. The molecule has 12 heteroatoms. The number of alkyl halides is 6. The van der Waals surface area contributed by atoms with E-state index in [2.05, 4.69) is 4.98 Å². The Balaban J connectivity index is 2.08. The van der Waals surface area contributed by atoms with Crippen LogP contribution in [0, 0.1) is 0 Å². The summed E-state index contributed by atoms with van der Waals surface area (Å²) in [6, 6.07) is 26.0. The highest BCUT2D eigenvalue weighted by molar-refractivity contribution is 7.53. The summed E-state index contributed by atoms with van der Waals surface area (Å²) in [5, 5.41) is -3.69. The van der Waals surface area contributed by atoms with Crippen LogP contribution in [-0.2, 0) is 15.3 Å². The van der Waals surface area contributed by atoms with Crippen LogP contribution in [0.1, 0.15) is 35.2 Å². The van der Waals surface area contributed by atoms with Gasteiger partial charge in [0.2, 0.25) is 0 Å². The second kappa shape index (κ2) is 10.3. The molecule has 0 saturated heterocycles. The molecule has 1 heterocycles. The average Bonchev–Trinajstić information content (AvgIpc) is 3.35. The lowest BCUT2D eigenvalue weighted by atomic mass is 9.76. The summed E-state index contributed by atoms with van der Waals surface area (Å²) < 4.78 is 95.6. The zero-order valence-electron chi connectivity index (χ0n) is 20.1. The number of aromatic nitrogens is 2. The molecule has 0 spiro atoms. The lowest BCUT2D eigenvalue weighted by molar-refractivity contribution is -0.171. The van der Waals surface area contributed by atoms with Crippen LogP contribution >= 0.6 is 7.60 Å². The predicted octanol–water partition coefficient (Wildman–Crippen LogP) is 7.00. The molecule has 0 amide bonds. The SMILES string of the molecule is O=P(O)(O)C(CC(F)(F)F)(CC(F)(F)F)c1cn(C(c2ccccc2)(c2ccccc2)c2ccccc2)cn1. The predicted molar refractivity (Wildman–Crippen MR) is 132 cm³/mol. The van der Waals surface area contributed by atoms with Crippen LogP contribution in [0.3, 0.4) is 0 Å². The van der Waals surface area contributed by atoms with Crippen molar-refractivity contribution < 1.29 is 40.7 Å². The van der Waals surface area contributed by atoms with Gasteiger partial charge in [-0.3, -0.25) is 4.57 Å². The van der Waals surface area contributed by atoms with E-state index in [9.17, 15) is 40.7 Å². The number of benzene rings is 3. The average molecular weight is 568 g/mol. The maximum Gasteiger partial charge on any atom is 0.390 e. The van der Waals surface area contributed by atoms with E-state index in [1.165, 1.54) is 4.57 Å². The molecule has 0 unspecified atom stereocenters. The van der Waals surface area contributed by atoms with Crippen molar-refractivity contribution in [3.8, 4) is 0 Å². The van der Waals surface area contributed by atoms with Crippen molar-refractivity contribution >= 4 is 7.60 Å². The first kappa shape index (κ1) is 28.6. The minimum atomic E-state index is -6.09. The summed E-state index contributed by atoms with van der Waals surface area (Å²) >= 11 is 0. The maximum absolute atomic E-state index is 13.6. The normalized spacial score (nSPS) is 13.4. The number of imidazole rings is 1. The topological polar surface area (TPSA) is 75.3 Å². The molecular weight excluding hydrogens is 545 g/mol. The zero-order chi connectivity index (χ0) is 28.5. The molecule has 0 aliphatic rings. The number of halogens is 6. The minimum Gasteiger partial charge on any atom is -0.324 e. The van der Waals surface area contributed by atoms with Crippen LogP contribution in [0.25, 0.3) is 0 Å². The van der Waals surface area contributed by atoms with Crippen LogP contribution < -0.4 is 0 Å². The van der Waals surface area contributed by atoms with Gasteiger partial charge in [0.15, 0.2) is 0 Å². The van der Waals surface area contributed by atoms with Gasteiger partial charge in [-0.25, -0.2) is 4.98 Å². The summed E-state index contributed by atoms with van der Waals surface area (Å²) in [7, 11) is -6.09. The van der Waals surface area contributed by atoms with Crippen molar-refractivity contribution in [3.63, 3.8) is 0 Å². The summed E-state index contributed by atoms with van der Waals surface area (Å²) in [5.41, 5.74) is -0.636. The summed E-state index contributed by atoms with van der Waals surface area (Å²) in [4.78, 5) is 23.9. The highest BCUT2D eigenvalue weighted by Crippen LogP contribution is 2.65. The first-order valence-electron chi connectivity index (χ1n) is 11.6. The molecule has 4 aromatic rings. The fourth-order valence-electron chi connectivity index (χ4n) is 4.99. The van der Waals surface area contributed by atoms with E-state index in [1.807, 2.05) is 0 Å². The van der Waals surface area contributed by atoms with Crippen LogP contribution in [0.15, 0.2) is 104 Å². The third-order valence-corrected chi connectivity index (χ3v) is 8.23. The number of hydrogen-bond donors (Lipinski definition) is 2. The molecule has 0 fully saturated rings. The fraction of sp³-hybridized carbons (Fsp3) is 0.222. The Bertz CT molecular complexity index is 1320. The minimum absolute atomic E-state index is 0.583. The van der Waals surface area contributed by atoms with Gasteiger partial charge in [-0.2, -0.15) is 26.3 Å². The molecule has 0 bridgehead atoms. The van der Waals surface area contributed by atoms with E-state index in [4.69, 9.17) is 0 Å². The van der Waals surface area contributed by atoms with E-state index in [0.717, 1.165) is 12.5 Å². The van der Waals surface area contributed by atoms with E-state index in [0.29, 0.717) is 16.7 Å². The molecule has 5 nitrogen and oxygen atoms in total. The molecule has 0 radical (unpaired) electrons. The van der Waals surface area contributed by atoms with Gasteiger partial charge < -0.3 is 14.4 Å². The number of rotatable bonds is 8. The maximum atomic E-state index is 13.6. The third kappa shape index (κ3) is 5.66. The lowest BCUT2D eigenvalue weighted by Gasteiger charge is -2.38. The Morgan fingerprint density at radius 2 is 1.03 bits per heavy atom. The molecule has 1 aromatic heterocycles. The third-order valence-electron chi connectivity index (χ3n) is 6.56. The Hall–Kier alpha value is -3.40. The van der Waals surface area contributed by atoms with Crippen molar-refractivity contribution in [3.05, 3.63) is 126 Å². The summed E-state index contributed by atoms with van der Waals surface area (Å²) in [6.07, 6.45) is -13.6. The Morgan fingerprint density at radius 1 is 0.667 bits per heavy atom. The Morgan fingerprint density at radius 3 is 1.33 bits per heavy atom. The van der Waals surface area contributed by atoms with Gasteiger partial charge in [0.25, 0.3) is 0 Å². The van der Waals surface area contributed by atoms with Crippen molar-refractivity contribution in [2.45, 2.75) is 35.9 Å². The molecule has 206 valence electrons. The molecule has 2 N–H and O–H groups in total. The molecule has 0 saturated carbocycles. The summed E-state index contributed by atoms with van der Waals surface area (Å²) in [5.74, 6) is 0.